The van der Waals surface area contributed by atoms with Crippen molar-refractivity contribution in [3.63, 3.8) is 0 Å². The minimum Gasteiger partial charge on any atom is -0.312 e. The molecular formula is C12H13BrN2O2S. The van der Waals surface area contributed by atoms with Gasteiger partial charge in [0.25, 0.3) is 0 Å². The monoisotopic (exact) mass is 328 g/mol. The maximum atomic E-state index is 11.9. The van der Waals surface area contributed by atoms with Gasteiger partial charge in [0, 0.05) is 37.5 Å². The molecule has 96 valence electrons. The van der Waals surface area contributed by atoms with E-state index in [1.807, 2.05) is 12.1 Å². The van der Waals surface area contributed by atoms with E-state index < -0.39 is 0 Å². The molecule has 0 spiro atoms. The van der Waals surface area contributed by atoms with Gasteiger partial charge >= 0.3 is 0 Å². The van der Waals surface area contributed by atoms with Crippen molar-refractivity contribution in [1.29, 1.82) is 0 Å². The van der Waals surface area contributed by atoms with Crippen molar-refractivity contribution >= 4 is 44.4 Å². The molecule has 18 heavy (non-hydrogen) atoms. The van der Waals surface area contributed by atoms with Gasteiger partial charge in [-0.3, -0.25) is 9.59 Å². The number of carbonyl (C=O) groups excluding carboxylic acids is 2. The fourth-order valence-electron chi connectivity index (χ4n) is 1.94. The molecule has 1 aliphatic heterocycles. The van der Waals surface area contributed by atoms with Gasteiger partial charge in [0.05, 0.1) is 0 Å². The zero-order valence-corrected chi connectivity index (χ0v) is 12.3. The van der Waals surface area contributed by atoms with Gasteiger partial charge < -0.3 is 4.90 Å². The SMILES string of the molecule is CC(=O)SCC1CC(=O)N(c2ccnc(Br)c2)C1. The minimum atomic E-state index is 0.104. The zero-order valence-electron chi connectivity index (χ0n) is 9.93. The van der Waals surface area contributed by atoms with Crippen LogP contribution in [0.1, 0.15) is 13.3 Å². The summed E-state index contributed by atoms with van der Waals surface area (Å²) in [4.78, 5) is 28.7. The lowest BCUT2D eigenvalue weighted by Crippen LogP contribution is -2.24. The number of pyridine rings is 1. The maximum absolute atomic E-state index is 11.9. The Balaban J connectivity index is 2.03. The van der Waals surface area contributed by atoms with Gasteiger partial charge in [-0.15, -0.1) is 0 Å². The van der Waals surface area contributed by atoms with Crippen LogP contribution in [0.15, 0.2) is 22.9 Å². The first-order valence-corrected chi connectivity index (χ1v) is 7.39. The largest absolute Gasteiger partial charge is 0.312 e. The van der Waals surface area contributed by atoms with E-state index in [9.17, 15) is 9.59 Å². The third-order valence-corrected chi connectivity index (χ3v) is 4.23. The molecule has 1 atom stereocenters. The standard InChI is InChI=1S/C12H13BrN2O2S/c1-8(16)18-7-9-4-12(17)15(6-9)10-2-3-14-11(13)5-10/h2-3,5,9H,4,6-7H2,1H3. The highest BCUT2D eigenvalue weighted by atomic mass is 79.9. The maximum Gasteiger partial charge on any atom is 0.227 e. The fourth-order valence-corrected chi connectivity index (χ4v) is 2.98. The summed E-state index contributed by atoms with van der Waals surface area (Å²) in [5.41, 5.74) is 0.859. The van der Waals surface area contributed by atoms with Gasteiger partial charge in [-0.05, 0) is 34.0 Å². The van der Waals surface area contributed by atoms with E-state index in [1.54, 1.807) is 18.0 Å². The van der Waals surface area contributed by atoms with Gasteiger partial charge in [-0.25, -0.2) is 4.98 Å². The first kappa shape index (κ1) is 13.5. The molecule has 0 aliphatic carbocycles. The van der Waals surface area contributed by atoms with E-state index in [0.717, 1.165) is 10.3 Å². The van der Waals surface area contributed by atoms with Gasteiger partial charge in [0.1, 0.15) is 4.60 Å². The van der Waals surface area contributed by atoms with Crippen molar-refractivity contribution < 1.29 is 9.59 Å². The lowest BCUT2D eigenvalue weighted by molar-refractivity contribution is -0.117. The summed E-state index contributed by atoms with van der Waals surface area (Å²) in [7, 11) is 0. The van der Waals surface area contributed by atoms with Crippen molar-refractivity contribution in [3.8, 4) is 0 Å². The number of nitrogens with zero attached hydrogens (tertiary/aromatic N) is 2. The average molecular weight is 329 g/mol. The minimum absolute atomic E-state index is 0.104. The number of amides is 1. The van der Waals surface area contributed by atoms with Gasteiger partial charge in [0.2, 0.25) is 5.91 Å². The number of anilines is 1. The third-order valence-electron chi connectivity index (χ3n) is 2.75. The Hall–Kier alpha value is -0.880. The molecule has 1 aromatic rings. The number of hydrogen-bond acceptors (Lipinski definition) is 4. The summed E-state index contributed by atoms with van der Waals surface area (Å²) >= 11 is 4.59. The van der Waals surface area contributed by atoms with Crippen LogP contribution in [-0.2, 0) is 9.59 Å². The molecule has 4 nitrogen and oxygen atoms in total. The molecule has 1 fully saturated rings. The van der Waals surface area contributed by atoms with Crippen LogP contribution in [0, 0.1) is 5.92 Å². The van der Waals surface area contributed by atoms with Crippen molar-refractivity contribution in [1.82, 2.24) is 4.98 Å². The fraction of sp³-hybridized carbons (Fsp3) is 0.417. The molecule has 1 amide bonds. The first-order chi connectivity index (χ1) is 8.56. The quantitative estimate of drug-likeness (QED) is 0.800. The molecule has 0 N–H and O–H groups in total. The van der Waals surface area contributed by atoms with Crippen molar-refractivity contribution in [2.75, 3.05) is 17.2 Å². The number of halogens is 1. The molecule has 2 heterocycles. The highest BCUT2D eigenvalue weighted by molar-refractivity contribution is 9.10. The predicted octanol–water partition coefficient (Wildman–Crippen LogP) is 2.48. The van der Waals surface area contributed by atoms with E-state index in [0.29, 0.717) is 18.7 Å². The van der Waals surface area contributed by atoms with E-state index in [1.165, 1.54) is 11.8 Å². The average Bonchev–Trinajstić information content (AvgIpc) is 2.68. The van der Waals surface area contributed by atoms with Crippen LogP contribution in [0.3, 0.4) is 0 Å². The highest BCUT2D eigenvalue weighted by Crippen LogP contribution is 2.28. The van der Waals surface area contributed by atoms with Crippen LogP contribution in [0.25, 0.3) is 0 Å². The topological polar surface area (TPSA) is 50.3 Å². The molecule has 1 aliphatic rings. The number of rotatable bonds is 3. The van der Waals surface area contributed by atoms with Crippen molar-refractivity contribution in [3.05, 3.63) is 22.9 Å². The summed E-state index contributed by atoms with van der Waals surface area (Å²) in [6, 6.07) is 3.65. The Morgan fingerprint density at radius 3 is 3.11 bits per heavy atom. The van der Waals surface area contributed by atoms with Crippen molar-refractivity contribution in [2.45, 2.75) is 13.3 Å². The van der Waals surface area contributed by atoms with E-state index >= 15 is 0 Å². The second-order valence-corrected chi connectivity index (χ2v) is 6.22. The number of carbonyl (C=O) groups is 2. The number of hydrogen-bond donors (Lipinski definition) is 0. The molecule has 1 saturated heterocycles. The van der Waals surface area contributed by atoms with Crippen LogP contribution in [0.4, 0.5) is 5.69 Å². The second-order valence-electron chi connectivity index (χ2n) is 4.21. The molecule has 1 aromatic heterocycles. The smallest absolute Gasteiger partial charge is 0.227 e. The van der Waals surface area contributed by atoms with Gasteiger partial charge in [-0.1, -0.05) is 11.8 Å². The normalized spacial score (nSPS) is 19.3. The summed E-state index contributed by atoms with van der Waals surface area (Å²) in [5, 5.41) is 0.104. The van der Waals surface area contributed by atoms with E-state index in [4.69, 9.17) is 0 Å². The summed E-state index contributed by atoms with van der Waals surface area (Å²) < 4.78 is 0.717. The number of thioether (sulfide) groups is 1. The summed E-state index contributed by atoms with van der Waals surface area (Å²) in [6.07, 6.45) is 2.19. The lowest BCUT2D eigenvalue weighted by Gasteiger charge is -2.16. The summed E-state index contributed by atoms with van der Waals surface area (Å²) in [5.74, 6) is 1.07. The third kappa shape index (κ3) is 3.32. The number of aromatic nitrogens is 1. The Kier molecular flexibility index (Phi) is 4.40. The van der Waals surface area contributed by atoms with Crippen LogP contribution in [0.5, 0.6) is 0 Å². The summed E-state index contributed by atoms with van der Waals surface area (Å²) in [6.45, 7) is 2.23. The highest BCUT2D eigenvalue weighted by Gasteiger charge is 2.30. The van der Waals surface area contributed by atoms with Crippen molar-refractivity contribution in [2.24, 2.45) is 5.92 Å². The van der Waals surface area contributed by atoms with E-state index in [2.05, 4.69) is 20.9 Å². The van der Waals surface area contributed by atoms with E-state index in [-0.39, 0.29) is 16.9 Å². The molecule has 0 radical (unpaired) electrons. The van der Waals surface area contributed by atoms with Crippen LogP contribution >= 0.6 is 27.7 Å². The molecule has 0 aromatic carbocycles. The van der Waals surface area contributed by atoms with Crippen LogP contribution in [-0.4, -0.2) is 28.3 Å². The predicted molar refractivity (Wildman–Crippen MR) is 75.5 cm³/mol. The van der Waals surface area contributed by atoms with Gasteiger partial charge in [-0.2, -0.15) is 0 Å². The first-order valence-electron chi connectivity index (χ1n) is 5.61. The van der Waals surface area contributed by atoms with Crippen LogP contribution < -0.4 is 4.90 Å². The zero-order chi connectivity index (χ0) is 13.1. The molecule has 0 saturated carbocycles. The Labute approximate surface area is 118 Å². The van der Waals surface area contributed by atoms with Crippen LogP contribution in [0.2, 0.25) is 0 Å². The second kappa shape index (κ2) is 5.84. The molecule has 6 heteroatoms. The van der Waals surface area contributed by atoms with Gasteiger partial charge in [0.15, 0.2) is 5.12 Å². The molecule has 2 rings (SSSR count). The molecular weight excluding hydrogens is 316 g/mol. The Bertz CT molecular complexity index is 481. The lowest BCUT2D eigenvalue weighted by atomic mass is 10.1. The molecule has 1 unspecified atom stereocenters. The Morgan fingerprint density at radius 2 is 2.44 bits per heavy atom. The molecule has 0 bridgehead atoms. The Morgan fingerprint density at radius 1 is 1.67 bits per heavy atom.